The van der Waals surface area contributed by atoms with Crippen LogP contribution in [0, 0.1) is 0 Å². The summed E-state index contributed by atoms with van der Waals surface area (Å²) in [6, 6.07) is 79.1. The highest BCUT2D eigenvalue weighted by molar-refractivity contribution is 6.08. The Balaban J connectivity index is 1.30. The minimum atomic E-state index is 0.612. The van der Waals surface area contributed by atoms with Gasteiger partial charge < -0.3 is 0 Å². The first-order valence-corrected chi connectivity index (χ1v) is 19.6. The molecule has 1 aromatic heterocycles. The maximum absolute atomic E-state index is 5.30. The van der Waals surface area contributed by atoms with Gasteiger partial charge in [0.05, 0.1) is 0 Å². The fourth-order valence-corrected chi connectivity index (χ4v) is 8.03. The van der Waals surface area contributed by atoms with Crippen LogP contribution in [0.2, 0.25) is 0 Å². The Bertz CT molecular complexity index is 3020. The molecule has 0 atom stereocenters. The molecule has 1 heterocycles. The van der Waals surface area contributed by atoms with E-state index in [9.17, 15) is 0 Å². The van der Waals surface area contributed by atoms with E-state index in [0.29, 0.717) is 17.5 Å². The molecule has 0 fully saturated rings. The maximum Gasteiger partial charge on any atom is 0.164 e. The summed E-state index contributed by atoms with van der Waals surface area (Å²) in [5.74, 6) is 1.87. The van der Waals surface area contributed by atoms with Crippen LogP contribution in [0.25, 0.3) is 101 Å². The number of rotatable bonds is 8. The zero-order chi connectivity index (χ0) is 38.7. The van der Waals surface area contributed by atoms with Crippen LogP contribution in [0.15, 0.2) is 224 Å². The molecule has 3 nitrogen and oxygen atoms in total. The van der Waals surface area contributed by atoms with Crippen LogP contribution in [-0.2, 0) is 0 Å². The predicted molar refractivity (Wildman–Crippen MR) is 241 cm³/mol. The maximum atomic E-state index is 5.30. The van der Waals surface area contributed by atoms with Gasteiger partial charge in [0, 0.05) is 16.7 Å². The number of fused-ring (bicyclic) bond motifs is 1. The van der Waals surface area contributed by atoms with Gasteiger partial charge in [-0.25, -0.2) is 15.0 Å². The van der Waals surface area contributed by atoms with Crippen molar-refractivity contribution in [1.29, 1.82) is 0 Å². The summed E-state index contributed by atoms with van der Waals surface area (Å²) < 4.78 is 0. The molecule has 10 aromatic rings. The van der Waals surface area contributed by atoms with Crippen molar-refractivity contribution in [1.82, 2.24) is 15.0 Å². The lowest BCUT2D eigenvalue weighted by Crippen LogP contribution is -2.02. The van der Waals surface area contributed by atoms with E-state index in [1.165, 1.54) is 16.5 Å². The third-order valence-electron chi connectivity index (χ3n) is 10.7. The van der Waals surface area contributed by atoms with Crippen molar-refractivity contribution >= 4 is 10.8 Å². The second-order valence-corrected chi connectivity index (χ2v) is 14.3. The summed E-state index contributed by atoms with van der Waals surface area (Å²) in [6.07, 6.45) is 0. The number of hydrogen-bond donors (Lipinski definition) is 0. The van der Waals surface area contributed by atoms with Gasteiger partial charge in [0.15, 0.2) is 17.5 Å². The van der Waals surface area contributed by atoms with Crippen LogP contribution in [0.5, 0.6) is 0 Å². The molecule has 10 rings (SSSR count). The molecule has 58 heavy (non-hydrogen) atoms. The van der Waals surface area contributed by atoms with Crippen molar-refractivity contribution in [2.24, 2.45) is 0 Å². The van der Waals surface area contributed by atoms with Gasteiger partial charge in [0.1, 0.15) is 0 Å². The minimum absolute atomic E-state index is 0.612. The zero-order valence-corrected chi connectivity index (χ0v) is 31.7. The smallest absolute Gasteiger partial charge is 0.164 e. The lowest BCUT2D eigenvalue weighted by molar-refractivity contribution is 1.07. The Labute approximate surface area is 338 Å². The van der Waals surface area contributed by atoms with Crippen LogP contribution in [-0.4, -0.2) is 15.0 Å². The second kappa shape index (κ2) is 15.4. The molecule has 0 aliphatic carbocycles. The highest BCUT2D eigenvalue weighted by atomic mass is 15.0. The molecule has 0 unspecified atom stereocenters. The van der Waals surface area contributed by atoms with Crippen molar-refractivity contribution in [2.75, 3.05) is 0 Å². The summed E-state index contributed by atoms with van der Waals surface area (Å²) in [5, 5.41) is 2.31. The van der Waals surface area contributed by atoms with Crippen LogP contribution in [0.3, 0.4) is 0 Å². The van der Waals surface area contributed by atoms with E-state index < -0.39 is 0 Å². The van der Waals surface area contributed by atoms with Gasteiger partial charge in [-0.3, -0.25) is 0 Å². The molecule has 0 aliphatic rings. The van der Waals surface area contributed by atoms with Gasteiger partial charge in [0.2, 0.25) is 0 Å². The fraction of sp³-hybridized carbons (Fsp3) is 0. The van der Waals surface area contributed by atoms with E-state index >= 15 is 0 Å². The highest BCUT2D eigenvalue weighted by Gasteiger charge is 2.25. The molecule has 0 N–H and O–H groups in total. The minimum Gasteiger partial charge on any atom is -0.208 e. The van der Waals surface area contributed by atoms with Crippen molar-refractivity contribution in [3.05, 3.63) is 224 Å². The molecule has 0 radical (unpaired) electrons. The molecule has 0 amide bonds. The summed E-state index contributed by atoms with van der Waals surface area (Å²) in [6.45, 7) is 0. The van der Waals surface area contributed by atoms with Crippen LogP contribution >= 0.6 is 0 Å². The third-order valence-corrected chi connectivity index (χ3v) is 10.7. The zero-order valence-electron chi connectivity index (χ0n) is 31.7. The number of benzene rings is 9. The second-order valence-electron chi connectivity index (χ2n) is 14.3. The normalized spacial score (nSPS) is 11.1. The SMILES string of the molecule is c1ccc(-c2nc(-c3ccc4ccccc4c3)nc(-c3ccccc3-c3cc(-c4ccccc4)c(-c4ccccc4)c(-c4ccccc4)c3-c3ccccc3)n2)cc1. The number of aromatic nitrogens is 3. The lowest BCUT2D eigenvalue weighted by atomic mass is 9.78. The third kappa shape index (κ3) is 6.65. The quantitative estimate of drug-likeness (QED) is 0.156. The van der Waals surface area contributed by atoms with E-state index in [1.807, 2.05) is 18.2 Å². The molecule has 0 saturated carbocycles. The first-order valence-electron chi connectivity index (χ1n) is 19.6. The van der Waals surface area contributed by atoms with Crippen LogP contribution in [0.1, 0.15) is 0 Å². The Morgan fingerprint density at radius 1 is 0.207 bits per heavy atom. The van der Waals surface area contributed by atoms with Gasteiger partial charge in [-0.2, -0.15) is 0 Å². The molecule has 0 aliphatic heterocycles. The summed E-state index contributed by atoms with van der Waals surface area (Å²) >= 11 is 0. The van der Waals surface area contributed by atoms with Crippen LogP contribution < -0.4 is 0 Å². The van der Waals surface area contributed by atoms with Crippen molar-refractivity contribution in [3.63, 3.8) is 0 Å². The topological polar surface area (TPSA) is 38.7 Å². The van der Waals surface area contributed by atoms with Gasteiger partial charge in [-0.05, 0) is 78.5 Å². The monoisotopic (exact) mass is 739 g/mol. The van der Waals surface area contributed by atoms with Gasteiger partial charge in [-0.15, -0.1) is 0 Å². The van der Waals surface area contributed by atoms with E-state index in [1.54, 1.807) is 0 Å². The summed E-state index contributed by atoms with van der Waals surface area (Å²) in [5.41, 5.74) is 14.1. The van der Waals surface area contributed by atoms with Crippen molar-refractivity contribution in [3.8, 4) is 89.8 Å². The average molecular weight is 740 g/mol. The fourth-order valence-electron chi connectivity index (χ4n) is 8.03. The highest BCUT2D eigenvalue weighted by Crippen LogP contribution is 2.51. The standard InChI is InChI=1S/C55H37N3/c1-6-21-39(22-7-1)48-37-49(51(41-25-10-3-11-26-41)52(42-27-12-4-13-28-42)50(48)40-23-8-2-9-24-40)46-32-18-19-33-47(46)55-57-53(43-29-14-5-15-30-43)56-54(58-55)45-35-34-38-20-16-17-31-44(38)36-45/h1-37H. The van der Waals surface area contributed by atoms with Crippen LogP contribution in [0.4, 0.5) is 0 Å². The van der Waals surface area contributed by atoms with Crippen molar-refractivity contribution < 1.29 is 0 Å². The molecular formula is C55H37N3. The lowest BCUT2D eigenvalue weighted by Gasteiger charge is -2.25. The Morgan fingerprint density at radius 3 is 1.21 bits per heavy atom. The number of hydrogen-bond acceptors (Lipinski definition) is 3. The Morgan fingerprint density at radius 2 is 0.621 bits per heavy atom. The Hall–Kier alpha value is -7.75. The van der Waals surface area contributed by atoms with E-state index in [4.69, 9.17) is 15.0 Å². The van der Waals surface area contributed by atoms with E-state index in [2.05, 4.69) is 206 Å². The summed E-state index contributed by atoms with van der Waals surface area (Å²) in [7, 11) is 0. The molecule has 3 heteroatoms. The molecule has 0 bridgehead atoms. The molecule has 0 spiro atoms. The average Bonchev–Trinajstić information content (AvgIpc) is 3.32. The first-order chi connectivity index (χ1) is 28.8. The Kier molecular flexibility index (Phi) is 9.23. The van der Waals surface area contributed by atoms with E-state index in [-0.39, 0.29) is 0 Å². The molecule has 272 valence electrons. The molecule has 0 saturated heterocycles. The van der Waals surface area contributed by atoms with Gasteiger partial charge in [0.25, 0.3) is 0 Å². The summed E-state index contributed by atoms with van der Waals surface area (Å²) in [4.78, 5) is 15.7. The largest absolute Gasteiger partial charge is 0.208 e. The predicted octanol–water partition coefficient (Wildman–Crippen LogP) is 14.4. The van der Waals surface area contributed by atoms with Crippen molar-refractivity contribution in [2.45, 2.75) is 0 Å². The van der Waals surface area contributed by atoms with E-state index in [0.717, 1.165) is 66.6 Å². The van der Waals surface area contributed by atoms with Gasteiger partial charge in [-0.1, -0.05) is 212 Å². The molecule has 9 aromatic carbocycles. The first kappa shape index (κ1) is 34.7. The number of nitrogens with zero attached hydrogens (tertiary/aromatic N) is 3. The van der Waals surface area contributed by atoms with Gasteiger partial charge >= 0.3 is 0 Å². The molecular weight excluding hydrogens is 703 g/mol.